The average molecular weight is 311 g/mol. The Bertz CT molecular complexity index is 969. The SMILES string of the molecule is O=c1[nH]c(-c2nc3cc(-c4cccnc4)ccc3s2)cs1. The van der Waals surface area contributed by atoms with E-state index in [9.17, 15) is 4.79 Å². The summed E-state index contributed by atoms with van der Waals surface area (Å²) in [5.41, 5.74) is 3.88. The van der Waals surface area contributed by atoms with Crippen LogP contribution in [0.1, 0.15) is 0 Å². The minimum Gasteiger partial charge on any atom is -0.310 e. The van der Waals surface area contributed by atoms with E-state index in [4.69, 9.17) is 0 Å². The fourth-order valence-corrected chi connectivity index (χ4v) is 3.70. The maximum atomic E-state index is 11.3. The van der Waals surface area contributed by atoms with E-state index in [0.717, 1.165) is 43.4 Å². The number of thiazole rings is 2. The van der Waals surface area contributed by atoms with Crippen molar-refractivity contribution in [2.24, 2.45) is 0 Å². The van der Waals surface area contributed by atoms with Gasteiger partial charge in [-0.15, -0.1) is 11.3 Å². The van der Waals surface area contributed by atoms with Gasteiger partial charge in [0.05, 0.1) is 15.9 Å². The number of H-pyrrole nitrogens is 1. The summed E-state index contributed by atoms with van der Waals surface area (Å²) in [7, 11) is 0. The lowest BCUT2D eigenvalue weighted by molar-refractivity contribution is 1.32. The number of pyridine rings is 1. The number of benzene rings is 1. The van der Waals surface area contributed by atoms with Crippen LogP contribution in [0.25, 0.3) is 32.0 Å². The molecule has 1 N–H and O–H groups in total. The molecule has 0 saturated heterocycles. The van der Waals surface area contributed by atoms with Crippen molar-refractivity contribution in [3.8, 4) is 21.8 Å². The molecule has 0 aliphatic rings. The molecule has 0 radical (unpaired) electrons. The maximum absolute atomic E-state index is 11.3. The van der Waals surface area contributed by atoms with Gasteiger partial charge < -0.3 is 4.98 Å². The predicted molar refractivity (Wildman–Crippen MR) is 86.8 cm³/mol. The third-order valence-electron chi connectivity index (χ3n) is 3.13. The maximum Gasteiger partial charge on any atom is 0.305 e. The molecular formula is C15H9N3OS2. The van der Waals surface area contributed by atoms with Gasteiger partial charge in [-0.2, -0.15) is 0 Å². The Balaban J connectivity index is 1.84. The minimum absolute atomic E-state index is 0.0553. The molecule has 0 spiro atoms. The van der Waals surface area contributed by atoms with E-state index in [1.165, 1.54) is 0 Å². The lowest BCUT2D eigenvalue weighted by Gasteiger charge is -1.99. The zero-order valence-corrected chi connectivity index (χ0v) is 12.4. The van der Waals surface area contributed by atoms with E-state index in [2.05, 4.69) is 33.2 Å². The number of hydrogen-bond acceptors (Lipinski definition) is 5. The first-order valence-corrected chi connectivity index (χ1v) is 7.98. The van der Waals surface area contributed by atoms with Crippen molar-refractivity contribution in [1.29, 1.82) is 0 Å². The first-order valence-electron chi connectivity index (χ1n) is 6.29. The van der Waals surface area contributed by atoms with E-state index in [1.54, 1.807) is 17.5 Å². The highest BCUT2D eigenvalue weighted by Crippen LogP contribution is 2.31. The molecule has 4 nitrogen and oxygen atoms in total. The van der Waals surface area contributed by atoms with Gasteiger partial charge in [0.2, 0.25) is 0 Å². The van der Waals surface area contributed by atoms with Gasteiger partial charge in [0.15, 0.2) is 0 Å². The third kappa shape index (κ3) is 2.28. The number of hydrogen-bond donors (Lipinski definition) is 1. The Morgan fingerprint density at radius 3 is 2.86 bits per heavy atom. The fraction of sp³-hybridized carbons (Fsp3) is 0. The molecule has 102 valence electrons. The number of aromatic nitrogens is 3. The van der Waals surface area contributed by atoms with E-state index in [1.807, 2.05) is 23.7 Å². The molecule has 0 fully saturated rings. The van der Waals surface area contributed by atoms with E-state index < -0.39 is 0 Å². The van der Waals surface area contributed by atoms with E-state index >= 15 is 0 Å². The van der Waals surface area contributed by atoms with Crippen LogP contribution in [0, 0.1) is 0 Å². The molecule has 21 heavy (non-hydrogen) atoms. The van der Waals surface area contributed by atoms with Crippen LogP contribution in [0.15, 0.2) is 52.9 Å². The summed E-state index contributed by atoms with van der Waals surface area (Å²) in [5, 5.41) is 2.65. The van der Waals surface area contributed by atoms with Crippen molar-refractivity contribution in [2.75, 3.05) is 0 Å². The molecular weight excluding hydrogens is 302 g/mol. The van der Waals surface area contributed by atoms with Crippen LogP contribution in [0.2, 0.25) is 0 Å². The molecule has 0 unspecified atom stereocenters. The summed E-state index contributed by atoms with van der Waals surface area (Å²) < 4.78 is 1.10. The highest BCUT2D eigenvalue weighted by molar-refractivity contribution is 7.21. The second kappa shape index (κ2) is 4.91. The molecule has 3 heterocycles. The number of aromatic amines is 1. The second-order valence-corrected chi connectivity index (χ2v) is 6.38. The number of rotatable bonds is 2. The van der Waals surface area contributed by atoms with Crippen LogP contribution in [-0.2, 0) is 0 Å². The van der Waals surface area contributed by atoms with Crippen molar-refractivity contribution in [2.45, 2.75) is 0 Å². The van der Waals surface area contributed by atoms with Crippen molar-refractivity contribution in [3.63, 3.8) is 0 Å². The van der Waals surface area contributed by atoms with Gasteiger partial charge >= 0.3 is 4.87 Å². The lowest BCUT2D eigenvalue weighted by atomic mass is 10.1. The van der Waals surface area contributed by atoms with Crippen LogP contribution >= 0.6 is 22.7 Å². The smallest absolute Gasteiger partial charge is 0.305 e. The van der Waals surface area contributed by atoms with Crippen LogP contribution in [0.3, 0.4) is 0 Å². The topological polar surface area (TPSA) is 58.6 Å². The molecule has 0 bridgehead atoms. The standard InChI is InChI=1S/C15H9N3OS2/c19-15-18-12(8-20-15)14-17-11-6-9(3-4-13(11)21-14)10-2-1-5-16-7-10/h1-8H,(H,18,19). The largest absolute Gasteiger partial charge is 0.310 e. The molecule has 4 rings (SSSR count). The van der Waals surface area contributed by atoms with Crippen LogP contribution in [0.5, 0.6) is 0 Å². The van der Waals surface area contributed by atoms with Gasteiger partial charge in [0.25, 0.3) is 0 Å². The van der Waals surface area contributed by atoms with Gasteiger partial charge in [-0.05, 0) is 23.8 Å². The van der Waals surface area contributed by atoms with Crippen molar-refractivity contribution in [1.82, 2.24) is 15.0 Å². The Morgan fingerprint density at radius 1 is 1.14 bits per heavy atom. The highest BCUT2D eigenvalue weighted by Gasteiger charge is 2.09. The Kier molecular flexibility index (Phi) is 2.90. The van der Waals surface area contributed by atoms with Gasteiger partial charge in [0.1, 0.15) is 5.01 Å². The van der Waals surface area contributed by atoms with Crippen molar-refractivity contribution >= 4 is 32.9 Å². The highest BCUT2D eigenvalue weighted by atomic mass is 32.1. The van der Waals surface area contributed by atoms with E-state index in [-0.39, 0.29) is 4.87 Å². The zero-order valence-electron chi connectivity index (χ0n) is 10.7. The van der Waals surface area contributed by atoms with Crippen LogP contribution in [0.4, 0.5) is 0 Å². The molecule has 0 saturated carbocycles. The summed E-state index contributed by atoms with van der Waals surface area (Å²) in [5.74, 6) is 0. The summed E-state index contributed by atoms with van der Waals surface area (Å²) in [6, 6.07) is 10.1. The molecule has 4 aromatic rings. The van der Waals surface area contributed by atoms with Crippen molar-refractivity contribution in [3.05, 3.63) is 57.8 Å². The molecule has 0 aliphatic heterocycles. The van der Waals surface area contributed by atoms with Gasteiger partial charge in [-0.3, -0.25) is 9.78 Å². The molecule has 1 aromatic carbocycles. The molecule has 0 amide bonds. The number of nitrogens with one attached hydrogen (secondary N) is 1. The molecule has 3 aromatic heterocycles. The minimum atomic E-state index is -0.0553. The normalized spacial score (nSPS) is 11.0. The monoisotopic (exact) mass is 311 g/mol. The number of nitrogens with zero attached hydrogens (tertiary/aromatic N) is 2. The Labute approximate surface area is 127 Å². The Morgan fingerprint density at radius 2 is 2.10 bits per heavy atom. The van der Waals surface area contributed by atoms with Gasteiger partial charge in [-0.25, -0.2) is 4.98 Å². The van der Waals surface area contributed by atoms with Gasteiger partial charge in [-0.1, -0.05) is 23.5 Å². The summed E-state index contributed by atoms with van der Waals surface area (Å²) in [4.78, 5) is 22.8. The Hall–Kier alpha value is -2.31. The van der Waals surface area contributed by atoms with Crippen molar-refractivity contribution < 1.29 is 0 Å². The second-order valence-electron chi connectivity index (χ2n) is 4.51. The predicted octanol–water partition coefficient (Wildman–Crippen LogP) is 3.78. The summed E-state index contributed by atoms with van der Waals surface area (Å²) in [6.07, 6.45) is 3.60. The quantitative estimate of drug-likeness (QED) is 0.613. The third-order valence-corrected chi connectivity index (χ3v) is 4.87. The van der Waals surface area contributed by atoms with Crippen LogP contribution < -0.4 is 4.87 Å². The summed E-state index contributed by atoms with van der Waals surface area (Å²) >= 11 is 2.73. The lowest BCUT2D eigenvalue weighted by Crippen LogP contribution is -1.91. The van der Waals surface area contributed by atoms with Crippen LogP contribution in [-0.4, -0.2) is 15.0 Å². The molecule has 0 aliphatic carbocycles. The van der Waals surface area contributed by atoms with E-state index in [0.29, 0.717) is 0 Å². The van der Waals surface area contributed by atoms with Gasteiger partial charge in [0, 0.05) is 23.3 Å². The average Bonchev–Trinajstić information content (AvgIpc) is 3.13. The molecule has 6 heteroatoms. The number of fused-ring (bicyclic) bond motifs is 1. The zero-order chi connectivity index (χ0) is 14.2. The summed E-state index contributed by atoms with van der Waals surface area (Å²) in [6.45, 7) is 0. The molecule has 0 atom stereocenters. The first-order chi connectivity index (χ1) is 10.3. The fourth-order valence-electron chi connectivity index (χ4n) is 2.14. The first kappa shape index (κ1) is 12.4.